The van der Waals surface area contributed by atoms with E-state index < -0.39 is 0 Å². The highest BCUT2D eigenvalue weighted by molar-refractivity contribution is 5.94. The van der Waals surface area contributed by atoms with Crippen LogP contribution in [-0.4, -0.2) is 16.5 Å². The van der Waals surface area contributed by atoms with Gasteiger partial charge in [-0.15, -0.1) is 0 Å². The quantitative estimate of drug-likeness (QED) is 0.768. The van der Waals surface area contributed by atoms with Gasteiger partial charge in [0, 0.05) is 35.2 Å². The molecule has 1 aliphatic rings. The Hall–Kier alpha value is -2.62. The second-order valence-electron chi connectivity index (χ2n) is 6.42. The summed E-state index contributed by atoms with van der Waals surface area (Å²) in [6.45, 7) is 0. The first-order valence-corrected chi connectivity index (χ1v) is 8.25. The average molecular weight is 322 g/mol. The van der Waals surface area contributed by atoms with Crippen LogP contribution in [-0.2, 0) is 19.9 Å². The summed E-state index contributed by atoms with van der Waals surface area (Å²) in [5, 5.41) is 4.33. The van der Waals surface area contributed by atoms with E-state index in [1.165, 1.54) is 34.3 Å². The Kier molecular flexibility index (Phi) is 3.60. The third kappa shape index (κ3) is 2.48. The number of hydrogen-bond acceptors (Lipinski definition) is 1. The van der Waals surface area contributed by atoms with E-state index in [1.807, 2.05) is 0 Å². The molecule has 122 valence electrons. The predicted molar refractivity (Wildman–Crippen MR) is 92.6 cm³/mol. The molecule has 1 aromatic heterocycles. The molecule has 3 nitrogen and oxygen atoms in total. The van der Waals surface area contributed by atoms with Crippen molar-refractivity contribution in [3.63, 3.8) is 0 Å². The van der Waals surface area contributed by atoms with Crippen LogP contribution in [0.2, 0.25) is 0 Å². The standard InChI is InChI=1S/C20H19FN2O/c1-23-18-8-3-2-7-16(18)17-12-15(9-10-19(17)23)22-20(24)13-5-4-6-14(21)11-13/h2-8,11,15H,9-10,12H2,1H3,(H,22,24). The fourth-order valence-electron chi connectivity index (χ4n) is 3.75. The minimum absolute atomic E-state index is 0.0825. The van der Waals surface area contributed by atoms with Gasteiger partial charge in [-0.1, -0.05) is 24.3 Å². The van der Waals surface area contributed by atoms with Crippen LogP contribution in [0.15, 0.2) is 48.5 Å². The van der Waals surface area contributed by atoms with Crippen molar-refractivity contribution in [1.29, 1.82) is 0 Å². The molecular weight excluding hydrogens is 303 g/mol. The number of hydrogen-bond donors (Lipinski definition) is 1. The van der Waals surface area contributed by atoms with Gasteiger partial charge in [0.25, 0.3) is 5.91 Å². The summed E-state index contributed by atoms with van der Waals surface area (Å²) in [5.41, 5.74) is 4.29. The van der Waals surface area contributed by atoms with Crippen molar-refractivity contribution in [2.45, 2.75) is 25.3 Å². The van der Waals surface area contributed by atoms with Gasteiger partial charge in [0.1, 0.15) is 5.82 Å². The Morgan fingerprint density at radius 2 is 2.04 bits per heavy atom. The number of amides is 1. The molecule has 1 unspecified atom stereocenters. The molecule has 0 saturated heterocycles. The second kappa shape index (κ2) is 5.78. The van der Waals surface area contributed by atoms with Gasteiger partial charge in [0.15, 0.2) is 0 Å². The van der Waals surface area contributed by atoms with Crippen molar-refractivity contribution in [3.05, 3.63) is 71.2 Å². The number of fused-ring (bicyclic) bond motifs is 3. The van der Waals surface area contributed by atoms with E-state index in [9.17, 15) is 9.18 Å². The number of carbonyl (C=O) groups excluding carboxylic acids is 1. The largest absolute Gasteiger partial charge is 0.349 e. The summed E-state index contributed by atoms with van der Waals surface area (Å²) < 4.78 is 15.6. The third-order valence-corrected chi connectivity index (χ3v) is 4.95. The molecule has 0 radical (unpaired) electrons. The molecule has 1 atom stereocenters. The third-order valence-electron chi connectivity index (χ3n) is 4.95. The zero-order chi connectivity index (χ0) is 16.7. The van der Waals surface area contributed by atoms with E-state index in [0.29, 0.717) is 5.56 Å². The van der Waals surface area contributed by atoms with Crippen molar-refractivity contribution in [2.75, 3.05) is 0 Å². The number of halogens is 1. The highest BCUT2D eigenvalue weighted by Crippen LogP contribution is 2.31. The molecule has 0 fully saturated rings. The molecule has 1 aliphatic carbocycles. The topological polar surface area (TPSA) is 34.0 Å². The Labute approximate surface area is 140 Å². The van der Waals surface area contributed by atoms with Gasteiger partial charge in [-0.25, -0.2) is 4.39 Å². The van der Waals surface area contributed by atoms with E-state index in [-0.39, 0.29) is 17.8 Å². The van der Waals surface area contributed by atoms with Crippen molar-refractivity contribution >= 4 is 16.8 Å². The van der Waals surface area contributed by atoms with Crippen molar-refractivity contribution in [2.24, 2.45) is 7.05 Å². The van der Waals surface area contributed by atoms with E-state index in [0.717, 1.165) is 19.3 Å². The maximum absolute atomic E-state index is 13.3. The van der Waals surface area contributed by atoms with E-state index >= 15 is 0 Å². The first-order valence-electron chi connectivity index (χ1n) is 8.25. The van der Waals surface area contributed by atoms with E-state index in [2.05, 4.69) is 41.2 Å². The van der Waals surface area contributed by atoms with Crippen molar-refractivity contribution in [1.82, 2.24) is 9.88 Å². The van der Waals surface area contributed by atoms with Crippen LogP contribution >= 0.6 is 0 Å². The summed E-state index contributed by atoms with van der Waals surface area (Å²) in [6.07, 6.45) is 2.66. The normalized spacial score (nSPS) is 16.8. The van der Waals surface area contributed by atoms with Crippen LogP contribution in [0.3, 0.4) is 0 Å². The number of benzene rings is 2. The lowest BCUT2D eigenvalue weighted by molar-refractivity contribution is 0.0933. The highest BCUT2D eigenvalue weighted by atomic mass is 19.1. The molecule has 0 aliphatic heterocycles. The van der Waals surface area contributed by atoms with Gasteiger partial charge in [0.05, 0.1) is 0 Å². The van der Waals surface area contributed by atoms with Gasteiger partial charge in [0.2, 0.25) is 0 Å². The average Bonchev–Trinajstić information content (AvgIpc) is 2.88. The van der Waals surface area contributed by atoms with Gasteiger partial charge >= 0.3 is 0 Å². The molecule has 0 spiro atoms. The van der Waals surface area contributed by atoms with Crippen LogP contribution in [0.4, 0.5) is 4.39 Å². The lowest BCUT2D eigenvalue weighted by Crippen LogP contribution is -2.39. The van der Waals surface area contributed by atoms with Crippen LogP contribution in [0.5, 0.6) is 0 Å². The number of aryl methyl sites for hydroxylation is 1. The first kappa shape index (κ1) is 14.9. The molecular formula is C20H19FN2O. The van der Waals surface area contributed by atoms with E-state index in [4.69, 9.17) is 0 Å². The lowest BCUT2D eigenvalue weighted by Gasteiger charge is -2.24. The van der Waals surface area contributed by atoms with Gasteiger partial charge < -0.3 is 9.88 Å². The first-order chi connectivity index (χ1) is 11.6. The molecule has 3 aromatic rings. The number of rotatable bonds is 2. The molecule has 2 aromatic carbocycles. The fraction of sp³-hybridized carbons (Fsp3) is 0.250. The Morgan fingerprint density at radius 3 is 2.88 bits per heavy atom. The smallest absolute Gasteiger partial charge is 0.251 e. The predicted octanol–water partition coefficient (Wildman–Crippen LogP) is 3.60. The summed E-state index contributed by atoms with van der Waals surface area (Å²) in [6, 6.07) is 14.3. The summed E-state index contributed by atoms with van der Waals surface area (Å²) >= 11 is 0. The second-order valence-corrected chi connectivity index (χ2v) is 6.42. The molecule has 0 bridgehead atoms. The van der Waals surface area contributed by atoms with Gasteiger partial charge in [-0.05, 0) is 49.1 Å². The van der Waals surface area contributed by atoms with Crippen LogP contribution < -0.4 is 5.32 Å². The summed E-state index contributed by atoms with van der Waals surface area (Å²) in [7, 11) is 2.10. The van der Waals surface area contributed by atoms with Crippen LogP contribution in [0.25, 0.3) is 10.9 Å². The zero-order valence-corrected chi connectivity index (χ0v) is 13.6. The SMILES string of the molecule is Cn1c2c(c3ccccc31)CC(NC(=O)c1cccc(F)c1)CC2. The van der Waals surface area contributed by atoms with Gasteiger partial charge in [-0.3, -0.25) is 4.79 Å². The molecule has 1 N–H and O–H groups in total. The number of nitrogens with zero attached hydrogens (tertiary/aromatic N) is 1. The number of para-hydroxylation sites is 1. The van der Waals surface area contributed by atoms with E-state index in [1.54, 1.807) is 12.1 Å². The maximum atomic E-state index is 13.3. The fourth-order valence-corrected chi connectivity index (χ4v) is 3.75. The molecule has 0 saturated carbocycles. The van der Waals surface area contributed by atoms with Crippen LogP contribution in [0.1, 0.15) is 28.0 Å². The molecule has 4 rings (SSSR count). The Bertz CT molecular complexity index is 929. The molecule has 1 heterocycles. The van der Waals surface area contributed by atoms with Crippen molar-refractivity contribution in [3.8, 4) is 0 Å². The number of carbonyl (C=O) groups is 1. The van der Waals surface area contributed by atoms with Gasteiger partial charge in [-0.2, -0.15) is 0 Å². The minimum Gasteiger partial charge on any atom is -0.349 e. The highest BCUT2D eigenvalue weighted by Gasteiger charge is 2.25. The van der Waals surface area contributed by atoms with Crippen molar-refractivity contribution < 1.29 is 9.18 Å². The zero-order valence-electron chi connectivity index (χ0n) is 13.6. The lowest BCUT2D eigenvalue weighted by atomic mass is 9.91. The number of aromatic nitrogens is 1. The Morgan fingerprint density at radius 1 is 1.21 bits per heavy atom. The summed E-state index contributed by atoms with van der Waals surface area (Å²) in [5.74, 6) is -0.592. The molecule has 24 heavy (non-hydrogen) atoms. The molecule has 4 heteroatoms. The summed E-state index contributed by atoms with van der Waals surface area (Å²) in [4.78, 5) is 12.4. The minimum atomic E-state index is -0.386. The van der Waals surface area contributed by atoms with Crippen LogP contribution in [0, 0.1) is 5.82 Å². The monoisotopic (exact) mass is 322 g/mol. The Balaban J connectivity index is 1.58. The maximum Gasteiger partial charge on any atom is 0.251 e. The molecule has 1 amide bonds. The number of nitrogens with one attached hydrogen (secondary N) is 1.